The molecular formula is C15H16F3N5O3S. The second-order valence-corrected chi connectivity index (χ2v) is 7.63. The van der Waals surface area contributed by atoms with Gasteiger partial charge in [-0.25, -0.2) is 13.6 Å². The fourth-order valence-corrected chi connectivity index (χ4v) is 3.65. The van der Waals surface area contributed by atoms with Crippen molar-refractivity contribution in [2.24, 2.45) is 12.2 Å². The number of halogens is 3. The summed E-state index contributed by atoms with van der Waals surface area (Å²) in [6.45, 7) is 0.379. The molecular weight excluding hydrogens is 387 g/mol. The number of hydrogen-bond acceptors (Lipinski definition) is 5. The van der Waals surface area contributed by atoms with Crippen molar-refractivity contribution in [1.82, 2.24) is 9.78 Å². The number of alkyl halides is 3. The maximum atomic E-state index is 13.2. The highest BCUT2D eigenvalue weighted by Crippen LogP contribution is 2.36. The summed E-state index contributed by atoms with van der Waals surface area (Å²) in [7, 11) is -2.85. The van der Waals surface area contributed by atoms with E-state index >= 15 is 0 Å². The summed E-state index contributed by atoms with van der Waals surface area (Å²) >= 11 is 0. The molecule has 2 heterocycles. The zero-order valence-corrected chi connectivity index (χ0v) is 14.9. The van der Waals surface area contributed by atoms with Crippen LogP contribution in [0.4, 0.5) is 24.5 Å². The molecule has 0 spiro atoms. The van der Waals surface area contributed by atoms with Gasteiger partial charge in [0, 0.05) is 25.5 Å². The first-order valence-corrected chi connectivity index (χ1v) is 9.32. The first-order valence-electron chi connectivity index (χ1n) is 7.77. The summed E-state index contributed by atoms with van der Waals surface area (Å²) in [4.78, 5) is 13.0. The van der Waals surface area contributed by atoms with Gasteiger partial charge in [-0.2, -0.15) is 18.3 Å². The predicted octanol–water partition coefficient (Wildman–Crippen LogP) is 1.30. The molecule has 1 amide bonds. The molecule has 0 aliphatic carbocycles. The molecule has 0 saturated carbocycles. The van der Waals surface area contributed by atoms with E-state index in [1.54, 1.807) is 13.2 Å². The number of nitrogens with two attached hydrogens (primary N) is 1. The number of benzene rings is 1. The van der Waals surface area contributed by atoms with Gasteiger partial charge in [-0.1, -0.05) is 0 Å². The van der Waals surface area contributed by atoms with Crippen molar-refractivity contribution in [2.75, 3.05) is 16.8 Å². The van der Waals surface area contributed by atoms with Gasteiger partial charge in [0.2, 0.25) is 15.9 Å². The molecule has 2 aromatic rings. The van der Waals surface area contributed by atoms with Gasteiger partial charge in [0.15, 0.2) is 0 Å². The van der Waals surface area contributed by atoms with Crippen molar-refractivity contribution in [2.45, 2.75) is 23.5 Å². The quantitative estimate of drug-likeness (QED) is 0.800. The number of nitrogens with one attached hydrogen (secondary N) is 1. The van der Waals surface area contributed by atoms with Crippen LogP contribution in [0, 0.1) is 0 Å². The lowest BCUT2D eigenvalue weighted by Crippen LogP contribution is -2.33. The standard InChI is InChI=1S/C15H16F3N5O3S/c1-22-8-10(7-20-22)23-5-4-12(14(23)24)21-9-2-3-13(27(19,25)26)11(6-9)15(16,17)18/h2-3,6-8,12,21H,4-5H2,1H3,(H2,19,25,26). The van der Waals surface area contributed by atoms with Crippen molar-refractivity contribution in [3.8, 4) is 0 Å². The largest absolute Gasteiger partial charge is 0.417 e. The van der Waals surface area contributed by atoms with E-state index in [1.807, 2.05) is 0 Å². The van der Waals surface area contributed by atoms with Gasteiger partial charge in [-0.3, -0.25) is 9.48 Å². The number of amides is 1. The Bertz CT molecular complexity index is 987. The highest BCUT2D eigenvalue weighted by Gasteiger charge is 2.38. The Morgan fingerprint density at radius 1 is 1.33 bits per heavy atom. The lowest BCUT2D eigenvalue weighted by Gasteiger charge is -2.18. The fraction of sp³-hybridized carbons (Fsp3) is 0.333. The molecule has 0 radical (unpaired) electrons. The number of carbonyl (C=O) groups is 1. The summed E-state index contributed by atoms with van der Waals surface area (Å²) in [6, 6.07) is 1.82. The number of rotatable bonds is 4. The Morgan fingerprint density at radius 3 is 2.59 bits per heavy atom. The van der Waals surface area contributed by atoms with Gasteiger partial charge in [0.1, 0.15) is 6.04 Å². The molecule has 1 atom stereocenters. The minimum Gasteiger partial charge on any atom is -0.374 e. The van der Waals surface area contributed by atoms with Crippen LogP contribution in [0.3, 0.4) is 0 Å². The molecule has 8 nitrogen and oxygen atoms in total. The monoisotopic (exact) mass is 403 g/mol. The van der Waals surface area contributed by atoms with Gasteiger partial charge in [-0.05, 0) is 24.6 Å². The van der Waals surface area contributed by atoms with Gasteiger partial charge in [0.05, 0.1) is 22.3 Å². The normalized spacial score (nSPS) is 18.2. The number of nitrogens with zero attached hydrogens (tertiary/aromatic N) is 3. The molecule has 1 aliphatic heterocycles. The van der Waals surface area contributed by atoms with E-state index in [2.05, 4.69) is 10.4 Å². The zero-order chi connectivity index (χ0) is 20.0. The van der Waals surface area contributed by atoms with E-state index in [4.69, 9.17) is 5.14 Å². The van der Waals surface area contributed by atoms with Gasteiger partial charge < -0.3 is 10.2 Å². The van der Waals surface area contributed by atoms with Gasteiger partial charge >= 0.3 is 6.18 Å². The summed E-state index contributed by atoms with van der Waals surface area (Å²) in [5.41, 5.74) is -0.821. The summed E-state index contributed by atoms with van der Waals surface area (Å²) in [5, 5.41) is 11.6. The average molecular weight is 403 g/mol. The van der Waals surface area contributed by atoms with Crippen molar-refractivity contribution in [3.05, 3.63) is 36.2 Å². The first kappa shape index (κ1) is 19.2. The van der Waals surface area contributed by atoms with E-state index in [1.165, 1.54) is 15.8 Å². The average Bonchev–Trinajstić information content (AvgIpc) is 3.12. The third kappa shape index (κ3) is 3.90. The third-order valence-corrected chi connectivity index (χ3v) is 5.11. The number of hydrogen-bond donors (Lipinski definition) is 2. The van der Waals surface area contributed by atoms with Crippen LogP contribution in [-0.2, 0) is 28.0 Å². The number of primary sulfonamides is 1. The van der Waals surface area contributed by atoms with Crippen LogP contribution < -0.4 is 15.4 Å². The van der Waals surface area contributed by atoms with Crippen molar-refractivity contribution >= 4 is 27.3 Å². The van der Waals surface area contributed by atoms with Gasteiger partial charge in [0.25, 0.3) is 0 Å². The number of sulfonamides is 1. The van der Waals surface area contributed by atoms with Crippen LogP contribution in [0.2, 0.25) is 0 Å². The Balaban J connectivity index is 1.85. The Kier molecular flexibility index (Phi) is 4.64. The van der Waals surface area contributed by atoms with E-state index in [0.717, 1.165) is 12.1 Å². The molecule has 1 unspecified atom stereocenters. The minimum atomic E-state index is -4.92. The lowest BCUT2D eigenvalue weighted by molar-refractivity contribution is -0.139. The second-order valence-electron chi connectivity index (χ2n) is 6.10. The molecule has 3 N–H and O–H groups in total. The van der Waals surface area contributed by atoms with Crippen LogP contribution in [0.15, 0.2) is 35.5 Å². The highest BCUT2D eigenvalue weighted by molar-refractivity contribution is 7.89. The maximum Gasteiger partial charge on any atom is 0.417 e. The second kappa shape index (κ2) is 6.53. The van der Waals surface area contributed by atoms with Crippen molar-refractivity contribution < 1.29 is 26.4 Å². The van der Waals surface area contributed by atoms with Crippen molar-refractivity contribution in [3.63, 3.8) is 0 Å². The summed E-state index contributed by atoms with van der Waals surface area (Å²) < 4.78 is 63.9. The molecule has 1 saturated heterocycles. The van der Waals surface area contributed by atoms with E-state index in [0.29, 0.717) is 24.7 Å². The molecule has 1 aromatic carbocycles. The minimum absolute atomic E-state index is 0.0267. The lowest BCUT2D eigenvalue weighted by atomic mass is 10.1. The Morgan fingerprint density at radius 2 is 2.04 bits per heavy atom. The molecule has 27 heavy (non-hydrogen) atoms. The first-order chi connectivity index (χ1) is 12.5. The number of anilines is 2. The SMILES string of the molecule is Cn1cc(N2CCC(Nc3ccc(S(N)(=O)=O)c(C(F)(F)F)c3)C2=O)cn1. The molecule has 12 heteroatoms. The highest BCUT2D eigenvalue weighted by atomic mass is 32.2. The van der Waals surface area contributed by atoms with Crippen LogP contribution in [-0.4, -0.2) is 36.7 Å². The van der Waals surface area contributed by atoms with Crippen molar-refractivity contribution in [1.29, 1.82) is 0 Å². The third-order valence-electron chi connectivity index (χ3n) is 4.14. The fourth-order valence-electron chi connectivity index (χ4n) is 2.91. The van der Waals surface area contributed by atoms with Crippen LogP contribution in [0.25, 0.3) is 0 Å². The summed E-state index contributed by atoms with van der Waals surface area (Å²) in [5.74, 6) is -0.313. The molecule has 1 aliphatic rings. The van der Waals surface area contributed by atoms with Crippen LogP contribution >= 0.6 is 0 Å². The molecule has 146 valence electrons. The zero-order valence-electron chi connectivity index (χ0n) is 14.1. The Hall–Kier alpha value is -2.60. The van der Waals surface area contributed by atoms with E-state index < -0.39 is 32.7 Å². The number of aromatic nitrogens is 2. The van der Waals surface area contributed by atoms with Crippen LogP contribution in [0.1, 0.15) is 12.0 Å². The topological polar surface area (TPSA) is 110 Å². The van der Waals surface area contributed by atoms with Crippen LogP contribution in [0.5, 0.6) is 0 Å². The summed E-state index contributed by atoms with van der Waals surface area (Å²) in [6.07, 6.45) is -1.38. The van der Waals surface area contributed by atoms with E-state index in [-0.39, 0.29) is 11.6 Å². The smallest absolute Gasteiger partial charge is 0.374 e. The molecule has 1 fully saturated rings. The molecule has 1 aromatic heterocycles. The maximum absolute atomic E-state index is 13.2. The molecule has 0 bridgehead atoms. The number of carbonyl (C=O) groups excluding carboxylic acids is 1. The Labute approximate surface area is 152 Å². The predicted molar refractivity (Wildman–Crippen MR) is 90.4 cm³/mol. The van der Waals surface area contributed by atoms with E-state index in [9.17, 15) is 26.4 Å². The number of aryl methyl sites for hydroxylation is 1. The molecule has 3 rings (SSSR count). The van der Waals surface area contributed by atoms with Gasteiger partial charge in [-0.15, -0.1) is 0 Å².